The van der Waals surface area contributed by atoms with Gasteiger partial charge in [-0.1, -0.05) is 6.07 Å². The van der Waals surface area contributed by atoms with E-state index in [1.807, 2.05) is 13.0 Å². The maximum atomic E-state index is 12.5. The molecule has 3 rings (SSSR count). The Labute approximate surface area is 160 Å². The molecule has 1 aliphatic heterocycles. The predicted octanol–water partition coefficient (Wildman–Crippen LogP) is 4.03. The van der Waals surface area contributed by atoms with Gasteiger partial charge in [-0.2, -0.15) is 13.2 Å². The highest BCUT2D eigenvalue weighted by atomic mass is 19.4. The number of hydrogen-bond donors (Lipinski definition) is 3. The van der Waals surface area contributed by atoms with E-state index >= 15 is 0 Å². The maximum absolute atomic E-state index is 12.5. The van der Waals surface area contributed by atoms with Crippen molar-refractivity contribution in [2.24, 2.45) is 5.92 Å². The summed E-state index contributed by atoms with van der Waals surface area (Å²) in [6, 6.07) is 8.33. The van der Waals surface area contributed by atoms with Crippen LogP contribution in [0.1, 0.15) is 18.4 Å². The summed E-state index contributed by atoms with van der Waals surface area (Å²) < 4.78 is 37.6. The van der Waals surface area contributed by atoms with Crippen molar-refractivity contribution in [3.05, 3.63) is 35.9 Å². The number of benzene rings is 1. The number of pyridine rings is 1. The smallest absolute Gasteiger partial charge is 0.384 e. The summed E-state index contributed by atoms with van der Waals surface area (Å²) in [5.74, 6) is 0.0234. The number of rotatable bonds is 3. The molecule has 28 heavy (non-hydrogen) atoms. The van der Waals surface area contributed by atoms with Crippen LogP contribution in [-0.4, -0.2) is 35.2 Å². The summed E-state index contributed by atoms with van der Waals surface area (Å²) in [6.07, 6.45) is -4.73. The molecule has 1 aromatic heterocycles. The number of amides is 2. The van der Waals surface area contributed by atoms with Crippen LogP contribution in [0.25, 0.3) is 11.1 Å². The summed E-state index contributed by atoms with van der Waals surface area (Å²) in [6.45, 7) is 2.32. The first-order valence-corrected chi connectivity index (χ1v) is 8.87. The lowest BCUT2D eigenvalue weighted by molar-refractivity contribution is -0.143. The molecule has 2 amide bonds. The molecule has 0 unspecified atom stereocenters. The van der Waals surface area contributed by atoms with E-state index in [2.05, 4.69) is 10.3 Å². The number of anilines is 3. The first-order valence-electron chi connectivity index (χ1n) is 8.87. The van der Waals surface area contributed by atoms with Crippen molar-refractivity contribution in [3.63, 3.8) is 0 Å². The number of aromatic nitrogens is 1. The van der Waals surface area contributed by atoms with Crippen LogP contribution >= 0.6 is 0 Å². The lowest BCUT2D eigenvalue weighted by Gasteiger charge is -2.19. The average Bonchev–Trinajstić information content (AvgIpc) is 3.02. The monoisotopic (exact) mass is 393 g/mol. The minimum Gasteiger partial charge on any atom is -0.384 e. The number of carbonyl (C=O) groups is 1. The van der Waals surface area contributed by atoms with Crippen molar-refractivity contribution < 1.29 is 18.0 Å². The molecule has 1 aromatic carbocycles. The molecule has 0 radical (unpaired) electrons. The van der Waals surface area contributed by atoms with Gasteiger partial charge >= 0.3 is 12.2 Å². The van der Waals surface area contributed by atoms with Gasteiger partial charge in [-0.25, -0.2) is 9.78 Å². The van der Waals surface area contributed by atoms with Gasteiger partial charge in [0, 0.05) is 25.2 Å². The number of carbonyl (C=O) groups excluding carboxylic acids is 1. The van der Waals surface area contributed by atoms with Crippen LogP contribution in [0.3, 0.4) is 0 Å². The summed E-state index contributed by atoms with van der Waals surface area (Å²) in [7, 11) is 0. The number of nitrogens with one attached hydrogen (secondary N) is 1. The van der Waals surface area contributed by atoms with Gasteiger partial charge in [0.05, 0.1) is 0 Å². The molecule has 0 aliphatic carbocycles. The number of likely N-dealkylation sites (tertiary alicyclic amines) is 1. The van der Waals surface area contributed by atoms with Crippen LogP contribution in [0.2, 0.25) is 0 Å². The fourth-order valence-electron chi connectivity index (χ4n) is 3.45. The third kappa shape index (κ3) is 4.85. The van der Waals surface area contributed by atoms with Crippen molar-refractivity contribution in [1.82, 2.24) is 9.88 Å². The lowest BCUT2D eigenvalue weighted by atomic mass is 10.0. The van der Waals surface area contributed by atoms with Gasteiger partial charge in [0.25, 0.3) is 0 Å². The molecule has 1 saturated heterocycles. The van der Waals surface area contributed by atoms with Gasteiger partial charge in [-0.3, -0.25) is 0 Å². The Morgan fingerprint density at radius 3 is 2.57 bits per heavy atom. The zero-order valence-corrected chi connectivity index (χ0v) is 15.4. The topological polar surface area (TPSA) is 97.3 Å². The van der Waals surface area contributed by atoms with E-state index in [0.717, 1.165) is 16.7 Å². The molecule has 5 N–H and O–H groups in total. The minimum absolute atomic E-state index is 0.0987. The number of urea groups is 1. The van der Waals surface area contributed by atoms with Crippen molar-refractivity contribution >= 4 is 23.4 Å². The minimum atomic E-state index is -4.21. The number of aryl methyl sites for hydroxylation is 1. The summed E-state index contributed by atoms with van der Waals surface area (Å²) in [5, 5.41) is 2.76. The molecule has 0 saturated carbocycles. The van der Waals surface area contributed by atoms with Gasteiger partial charge < -0.3 is 21.7 Å². The molecular weight excluding hydrogens is 371 g/mol. The number of nitrogens with two attached hydrogens (primary N) is 2. The molecule has 6 nitrogen and oxygen atoms in total. The second-order valence-corrected chi connectivity index (χ2v) is 7.09. The quantitative estimate of drug-likeness (QED) is 0.733. The van der Waals surface area contributed by atoms with Crippen LogP contribution in [0.4, 0.5) is 35.3 Å². The van der Waals surface area contributed by atoms with Crippen LogP contribution in [-0.2, 0) is 0 Å². The number of alkyl halides is 3. The van der Waals surface area contributed by atoms with Gasteiger partial charge in [0.15, 0.2) is 0 Å². The zero-order chi connectivity index (χ0) is 20.5. The van der Waals surface area contributed by atoms with E-state index in [4.69, 9.17) is 11.5 Å². The summed E-state index contributed by atoms with van der Waals surface area (Å²) in [5.41, 5.74) is 14.6. The Bertz CT molecular complexity index is 864. The van der Waals surface area contributed by atoms with E-state index in [1.165, 1.54) is 4.90 Å². The molecule has 9 heteroatoms. The molecule has 1 fully saturated rings. The highest BCUT2D eigenvalue weighted by Gasteiger charge is 2.36. The zero-order valence-electron chi connectivity index (χ0n) is 15.4. The number of nitrogens with zero attached hydrogens (tertiary/aromatic N) is 2. The SMILES string of the molecule is Cc1ccc(NC(=O)N2CC[C@@H](CC(F)(F)F)C2)cc1-c1cc(N)nc(N)c1. The largest absolute Gasteiger partial charge is 0.389 e. The summed E-state index contributed by atoms with van der Waals surface area (Å²) in [4.78, 5) is 17.8. The Morgan fingerprint density at radius 1 is 1.25 bits per heavy atom. The highest BCUT2D eigenvalue weighted by Crippen LogP contribution is 2.31. The third-order valence-corrected chi connectivity index (χ3v) is 4.76. The van der Waals surface area contributed by atoms with Gasteiger partial charge in [-0.05, 0) is 60.2 Å². The van der Waals surface area contributed by atoms with Crippen molar-refractivity contribution in [2.45, 2.75) is 25.9 Å². The second-order valence-electron chi connectivity index (χ2n) is 7.09. The highest BCUT2D eigenvalue weighted by molar-refractivity contribution is 5.90. The molecular formula is C19H22F3N5O. The van der Waals surface area contributed by atoms with Gasteiger partial charge in [0.1, 0.15) is 11.6 Å². The molecule has 150 valence electrons. The molecule has 2 aromatic rings. The van der Waals surface area contributed by atoms with Crippen LogP contribution in [0, 0.1) is 12.8 Å². The molecule has 1 atom stereocenters. The molecule has 1 aliphatic rings. The van der Waals surface area contributed by atoms with E-state index in [1.54, 1.807) is 24.3 Å². The Morgan fingerprint density at radius 2 is 1.93 bits per heavy atom. The Kier molecular flexibility index (Phi) is 5.35. The van der Waals surface area contributed by atoms with Gasteiger partial charge in [-0.15, -0.1) is 0 Å². The standard InChI is InChI=1S/C19H22F3N5O/c1-11-2-3-14(8-15(11)13-6-16(23)26-17(24)7-13)25-18(28)27-5-4-12(10-27)9-19(20,21)22/h2-3,6-8,12H,4-5,9-10H2,1H3,(H,25,28)(H4,23,24,26)/t12-/m0/s1. The maximum Gasteiger partial charge on any atom is 0.389 e. The van der Waals surface area contributed by atoms with E-state index in [9.17, 15) is 18.0 Å². The molecule has 2 heterocycles. The van der Waals surface area contributed by atoms with Crippen molar-refractivity contribution in [3.8, 4) is 11.1 Å². The number of hydrogen-bond acceptors (Lipinski definition) is 4. The predicted molar refractivity (Wildman–Crippen MR) is 103 cm³/mol. The Hall–Kier alpha value is -2.97. The fraction of sp³-hybridized carbons (Fsp3) is 0.368. The van der Waals surface area contributed by atoms with Crippen molar-refractivity contribution in [1.29, 1.82) is 0 Å². The Balaban J connectivity index is 1.72. The summed E-state index contributed by atoms with van der Waals surface area (Å²) >= 11 is 0. The molecule has 0 bridgehead atoms. The van der Waals surface area contributed by atoms with Crippen LogP contribution in [0.15, 0.2) is 30.3 Å². The lowest BCUT2D eigenvalue weighted by Crippen LogP contribution is -2.33. The first kappa shape index (κ1) is 19.8. The van der Waals surface area contributed by atoms with E-state index < -0.39 is 24.5 Å². The average molecular weight is 393 g/mol. The van der Waals surface area contributed by atoms with Crippen LogP contribution < -0.4 is 16.8 Å². The third-order valence-electron chi connectivity index (χ3n) is 4.76. The second kappa shape index (κ2) is 7.57. The normalized spacial score (nSPS) is 17.0. The number of halogens is 3. The first-order chi connectivity index (χ1) is 13.1. The van der Waals surface area contributed by atoms with Crippen molar-refractivity contribution in [2.75, 3.05) is 29.9 Å². The molecule has 0 spiro atoms. The van der Waals surface area contributed by atoms with Crippen LogP contribution in [0.5, 0.6) is 0 Å². The van der Waals surface area contributed by atoms with Gasteiger partial charge in [0.2, 0.25) is 0 Å². The number of nitrogen functional groups attached to an aromatic ring is 2. The van der Waals surface area contributed by atoms with E-state index in [0.29, 0.717) is 18.7 Å². The van der Waals surface area contributed by atoms with E-state index in [-0.39, 0.29) is 18.2 Å². The fourth-order valence-corrected chi connectivity index (χ4v) is 3.45.